The minimum absolute atomic E-state index is 0.0935. The van der Waals surface area contributed by atoms with Crippen molar-refractivity contribution in [2.75, 3.05) is 5.32 Å². The Kier molecular flexibility index (Phi) is 6.02. The predicted molar refractivity (Wildman–Crippen MR) is 117 cm³/mol. The molecule has 6 nitrogen and oxygen atoms in total. The number of thioether (sulfide) groups is 1. The molecule has 8 heteroatoms. The lowest BCUT2D eigenvalue weighted by Crippen LogP contribution is -2.23. The first kappa shape index (κ1) is 19.4. The Morgan fingerprint density at radius 1 is 1.10 bits per heavy atom. The second-order valence-corrected chi connectivity index (χ2v) is 8.70. The van der Waals surface area contributed by atoms with Gasteiger partial charge in [0.1, 0.15) is 0 Å². The van der Waals surface area contributed by atoms with Crippen molar-refractivity contribution in [3.05, 3.63) is 77.0 Å². The molecule has 1 amide bonds. The Hall–Kier alpha value is -2.97. The third-order valence-corrected chi connectivity index (χ3v) is 6.24. The fraction of sp³-hybridized carbons (Fsp3) is 0.143. The van der Waals surface area contributed by atoms with Crippen molar-refractivity contribution >= 4 is 34.7 Å². The van der Waals surface area contributed by atoms with Gasteiger partial charge in [0.2, 0.25) is 11.1 Å². The zero-order valence-electron chi connectivity index (χ0n) is 15.7. The monoisotopic (exact) mass is 421 g/mol. The molecule has 2 aromatic carbocycles. The summed E-state index contributed by atoms with van der Waals surface area (Å²) in [5.41, 5.74) is 2.83. The Balaban J connectivity index is 1.46. The maximum Gasteiger partial charge on any atom is 0.237 e. The molecule has 4 aromatic rings. The van der Waals surface area contributed by atoms with Gasteiger partial charge < -0.3 is 5.32 Å². The number of rotatable bonds is 7. The van der Waals surface area contributed by atoms with E-state index in [0.717, 1.165) is 21.7 Å². The topological polar surface area (TPSA) is 72.7 Å². The zero-order valence-corrected chi connectivity index (χ0v) is 17.4. The zero-order chi connectivity index (χ0) is 20.1. The highest BCUT2D eigenvalue weighted by molar-refractivity contribution is 8.00. The van der Waals surface area contributed by atoms with Crippen LogP contribution in [0.5, 0.6) is 0 Å². The van der Waals surface area contributed by atoms with Gasteiger partial charge >= 0.3 is 0 Å². The number of tetrazole rings is 1. The second kappa shape index (κ2) is 9.02. The smallest absolute Gasteiger partial charge is 0.237 e. The molecule has 0 unspecified atom stereocenters. The fourth-order valence-electron chi connectivity index (χ4n) is 2.84. The molecule has 0 aliphatic heterocycles. The lowest BCUT2D eigenvalue weighted by Gasteiger charge is -2.14. The van der Waals surface area contributed by atoms with E-state index in [9.17, 15) is 4.79 Å². The molecule has 0 bridgehead atoms. The van der Waals surface area contributed by atoms with Crippen LogP contribution in [0.25, 0.3) is 11.1 Å². The molecule has 0 aliphatic carbocycles. The normalized spacial score (nSPS) is 11.9. The summed E-state index contributed by atoms with van der Waals surface area (Å²) in [4.78, 5) is 14.0. The van der Waals surface area contributed by atoms with Gasteiger partial charge in [-0.25, -0.2) is 4.68 Å². The van der Waals surface area contributed by atoms with Crippen molar-refractivity contribution in [3.8, 4) is 11.1 Å². The lowest BCUT2D eigenvalue weighted by molar-refractivity contribution is -0.115. The highest BCUT2D eigenvalue weighted by Crippen LogP contribution is 2.29. The number of nitrogens with one attached hydrogen (secondary N) is 1. The molecule has 0 saturated carbocycles. The number of thiophene rings is 1. The molecule has 1 atom stereocenters. The summed E-state index contributed by atoms with van der Waals surface area (Å²) in [5.74, 6) is -0.0935. The van der Waals surface area contributed by atoms with Gasteiger partial charge in [0.15, 0.2) is 0 Å². The van der Waals surface area contributed by atoms with E-state index in [0.29, 0.717) is 11.7 Å². The Morgan fingerprint density at radius 3 is 2.69 bits per heavy atom. The molecule has 0 saturated heterocycles. The molecule has 0 aliphatic rings. The first-order valence-electron chi connectivity index (χ1n) is 9.11. The fourth-order valence-corrected chi connectivity index (χ4v) is 4.31. The van der Waals surface area contributed by atoms with Gasteiger partial charge in [-0.3, -0.25) is 4.79 Å². The Labute approximate surface area is 177 Å². The van der Waals surface area contributed by atoms with Crippen LogP contribution in [-0.4, -0.2) is 31.4 Å². The third kappa shape index (κ3) is 4.72. The van der Waals surface area contributed by atoms with Crippen LogP contribution in [0.1, 0.15) is 11.8 Å². The van der Waals surface area contributed by atoms with E-state index in [2.05, 4.69) is 20.8 Å². The maximum absolute atomic E-state index is 12.8. The van der Waals surface area contributed by atoms with Crippen LogP contribution in [0.2, 0.25) is 0 Å². The first-order chi connectivity index (χ1) is 14.2. The molecule has 4 rings (SSSR count). The van der Waals surface area contributed by atoms with E-state index < -0.39 is 0 Å². The molecule has 2 heterocycles. The molecule has 0 fully saturated rings. The van der Waals surface area contributed by atoms with E-state index in [4.69, 9.17) is 0 Å². The maximum atomic E-state index is 12.8. The standard InChI is InChI=1S/C21H19N5OS2/c1-15(29-21-23-24-25-26(21)14-17-10-7-13-28-17)20(27)22-19-12-6-5-11-18(19)16-8-3-2-4-9-16/h2-13,15H,14H2,1H3,(H,22,27)/t15-/m0/s1. The molecular formula is C21H19N5OS2. The highest BCUT2D eigenvalue weighted by atomic mass is 32.2. The largest absolute Gasteiger partial charge is 0.325 e. The molecule has 2 aromatic heterocycles. The molecular weight excluding hydrogens is 402 g/mol. The minimum atomic E-state index is -0.355. The average Bonchev–Trinajstić information content (AvgIpc) is 3.42. The number of carbonyl (C=O) groups is 1. The summed E-state index contributed by atoms with van der Waals surface area (Å²) >= 11 is 3.00. The van der Waals surface area contributed by atoms with Crippen molar-refractivity contribution in [1.82, 2.24) is 20.2 Å². The van der Waals surface area contributed by atoms with Gasteiger partial charge in [-0.05, 0) is 40.4 Å². The number of hydrogen-bond donors (Lipinski definition) is 1. The number of hydrogen-bond acceptors (Lipinski definition) is 6. The Morgan fingerprint density at radius 2 is 1.90 bits per heavy atom. The Bertz CT molecular complexity index is 1080. The van der Waals surface area contributed by atoms with Crippen LogP contribution >= 0.6 is 23.1 Å². The summed E-state index contributed by atoms with van der Waals surface area (Å²) in [5, 5.41) is 17.2. The van der Waals surface area contributed by atoms with Gasteiger partial charge in [-0.15, -0.1) is 16.4 Å². The SMILES string of the molecule is C[C@H](Sc1nnnn1Cc1cccs1)C(=O)Nc1ccccc1-c1ccccc1. The number of anilines is 1. The van der Waals surface area contributed by atoms with Crippen LogP contribution in [0.4, 0.5) is 5.69 Å². The number of para-hydroxylation sites is 1. The van der Waals surface area contributed by atoms with Gasteiger partial charge in [0, 0.05) is 16.1 Å². The quantitative estimate of drug-likeness (QED) is 0.443. The van der Waals surface area contributed by atoms with E-state index in [-0.39, 0.29) is 11.2 Å². The number of amides is 1. The molecule has 1 N–H and O–H groups in total. The van der Waals surface area contributed by atoms with Crippen LogP contribution in [0.15, 0.2) is 77.3 Å². The first-order valence-corrected chi connectivity index (χ1v) is 10.9. The van der Waals surface area contributed by atoms with Crippen molar-refractivity contribution in [2.45, 2.75) is 23.9 Å². The number of aromatic nitrogens is 4. The summed E-state index contributed by atoms with van der Waals surface area (Å²) in [6.07, 6.45) is 0. The van der Waals surface area contributed by atoms with E-state index in [1.807, 2.05) is 79.0 Å². The molecule has 0 radical (unpaired) electrons. The third-order valence-electron chi connectivity index (χ3n) is 4.31. The van der Waals surface area contributed by atoms with Crippen molar-refractivity contribution in [1.29, 1.82) is 0 Å². The summed E-state index contributed by atoms with van der Waals surface area (Å²) in [6.45, 7) is 2.45. The van der Waals surface area contributed by atoms with E-state index >= 15 is 0 Å². The molecule has 29 heavy (non-hydrogen) atoms. The predicted octanol–water partition coefficient (Wildman–Crippen LogP) is 4.57. The summed E-state index contributed by atoms with van der Waals surface area (Å²) < 4.78 is 1.72. The lowest BCUT2D eigenvalue weighted by atomic mass is 10.0. The van der Waals surface area contributed by atoms with E-state index in [1.165, 1.54) is 11.8 Å². The number of carbonyl (C=O) groups excluding carboxylic acids is 1. The average molecular weight is 422 g/mol. The van der Waals surface area contributed by atoms with E-state index in [1.54, 1.807) is 16.0 Å². The van der Waals surface area contributed by atoms with Crippen LogP contribution in [-0.2, 0) is 11.3 Å². The van der Waals surface area contributed by atoms with Gasteiger partial charge in [-0.2, -0.15) is 0 Å². The molecule has 0 spiro atoms. The molecule has 146 valence electrons. The van der Waals surface area contributed by atoms with Crippen molar-refractivity contribution in [3.63, 3.8) is 0 Å². The van der Waals surface area contributed by atoms with Crippen LogP contribution < -0.4 is 5.32 Å². The van der Waals surface area contributed by atoms with Gasteiger partial charge in [0.25, 0.3) is 0 Å². The van der Waals surface area contributed by atoms with Crippen molar-refractivity contribution in [2.24, 2.45) is 0 Å². The van der Waals surface area contributed by atoms with Gasteiger partial charge in [-0.1, -0.05) is 66.4 Å². The highest BCUT2D eigenvalue weighted by Gasteiger charge is 2.20. The second-order valence-electron chi connectivity index (χ2n) is 6.36. The minimum Gasteiger partial charge on any atom is -0.325 e. The summed E-state index contributed by atoms with van der Waals surface area (Å²) in [6, 6.07) is 21.8. The van der Waals surface area contributed by atoms with Gasteiger partial charge in [0.05, 0.1) is 11.8 Å². The number of nitrogens with zero attached hydrogens (tertiary/aromatic N) is 4. The van der Waals surface area contributed by atoms with Crippen molar-refractivity contribution < 1.29 is 4.79 Å². The number of benzene rings is 2. The van der Waals surface area contributed by atoms with Crippen LogP contribution in [0, 0.1) is 0 Å². The summed E-state index contributed by atoms with van der Waals surface area (Å²) in [7, 11) is 0. The van der Waals surface area contributed by atoms with Crippen LogP contribution in [0.3, 0.4) is 0 Å².